The van der Waals surface area contributed by atoms with Gasteiger partial charge in [-0.3, -0.25) is 0 Å². The van der Waals surface area contributed by atoms with Crippen molar-refractivity contribution in [3.05, 3.63) is 237 Å². The molecule has 0 atom stereocenters. The monoisotopic (exact) mass is 753 g/mol. The standard InChI is InChI=1S/C56H39N3/c1-4-16-42(17-5-1)57(43-18-6-2-7-19-43)46-36-38-47(39-37-46)58(44-20-8-3-9-21-44)45-32-28-40(29-33-45)41-30-34-48(35-31-41)59-54-27-15-14-26-53(54)55-51-24-12-10-22-49(51)50-23-11-13-25-52(50)56(55)59/h1-39H. The van der Waals surface area contributed by atoms with Crippen LogP contribution in [-0.4, -0.2) is 4.57 Å². The van der Waals surface area contributed by atoms with Crippen LogP contribution in [0.5, 0.6) is 0 Å². The average Bonchev–Trinajstić information content (AvgIpc) is 3.67. The van der Waals surface area contributed by atoms with Gasteiger partial charge in [0.15, 0.2) is 0 Å². The van der Waals surface area contributed by atoms with Gasteiger partial charge >= 0.3 is 0 Å². The van der Waals surface area contributed by atoms with E-state index in [1.807, 2.05) is 0 Å². The van der Waals surface area contributed by atoms with Gasteiger partial charge in [0.05, 0.1) is 11.0 Å². The molecule has 3 heteroatoms. The first-order valence-electron chi connectivity index (χ1n) is 20.2. The molecule has 1 heterocycles. The summed E-state index contributed by atoms with van der Waals surface area (Å²) in [6.07, 6.45) is 0. The number of hydrogen-bond acceptors (Lipinski definition) is 2. The van der Waals surface area contributed by atoms with E-state index in [0.717, 1.165) is 39.8 Å². The van der Waals surface area contributed by atoms with Gasteiger partial charge in [-0.2, -0.15) is 0 Å². The highest BCUT2D eigenvalue weighted by Crippen LogP contribution is 2.43. The summed E-state index contributed by atoms with van der Waals surface area (Å²) in [5.74, 6) is 0. The highest BCUT2D eigenvalue weighted by molar-refractivity contribution is 6.32. The number of benzene rings is 10. The van der Waals surface area contributed by atoms with E-state index in [1.54, 1.807) is 0 Å². The van der Waals surface area contributed by atoms with Crippen LogP contribution in [0.15, 0.2) is 237 Å². The number of fused-ring (bicyclic) bond motifs is 8. The van der Waals surface area contributed by atoms with Gasteiger partial charge in [0.25, 0.3) is 0 Å². The third-order valence-electron chi connectivity index (χ3n) is 11.5. The van der Waals surface area contributed by atoms with Gasteiger partial charge in [-0.15, -0.1) is 0 Å². The van der Waals surface area contributed by atoms with Crippen molar-refractivity contribution >= 4 is 77.5 Å². The number of anilines is 6. The molecule has 0 spiro atoms. The molecule has 0 unspecified atom stereocenters. The Balaban J connectivity index is 0.953. The lowest BCUT2D eigenvalue weighted by Crippen LogP contribution is -2.12. The van der Waals surface area contributed by atoms with Gasteiger partial charge in [-0.1, -0.05) is 146 Å². The molecule has 0 amide bonds. The fourth-order valence-electron chi connectivity index (χ4n) is 8.88. The van der Waals surface area contributed by atoms with E-state index in [9.17, 15) is 0 Å². The van der Waals surface area contributed by atoms with E-state index >= 15 is 0 Å². The van der Waals surface area contributed by atoms with Gasteiger partial charge in [0.2, 0.25) is 0 Å². The molecule has 0 aliphatic carbocycles. The van der Waals surface area contributed by atoms with Crippen LogP contribution in [0.1, 0.15) is 0 Å². The SMILES string of the molecule is c1ccc(N(c2ccccc2)c2ccc(N(c3ccccc3)c3ccc(-c4ccc(-n5c6ccccc6c6c7ccccc7c7ccccc7c65)cc4)cc3)cc2)cc1. The van der Waals surface area contributed by atoms with Gasteiger partial charge in [0.1, 0.15) is 0 Å². The Labute approximate surface area is 343 Å². The number of nitrogens with zero attached hydrogens (tertiary/aromatic N) is 3. The molecule has 0 aliphatic heterocycles. The molecule has 278 valence electrons. The zero-order chi connectivity index (χ0) is 39.1. The Kier molecular flexibility index (Phi) is 8.49. The number of aromatic nitrogens is 1. The van der Waals surface area contributed by atoms with Gasteiger partial charge in [0, 0.05) is 56.0 Å². The van der Waals surface area contributed by atoms with Gasteiger partial charge in [-0.05, 0) is 118 Å². The molecule has 3 nitrogen and oxygen atoms in total. The summed E-state index contributed by atoms with van der Waals surface area (Å²) >= 11 is 0. The fraction of sp³-hybridized carbons (Fsp3) is 0. The van der Waals surface area contributed by atoms with Crippen molar-refractivity contribution in [3.63, 3.8) is 0 Å². The Morgan fingerprint density at radius 1 is 0.254 bits per heavy atom. The van der Waals surface area contributed by atoms with Crippen molar-refractivity contribution in [1.82, 2.24) is 4.57 Å². The van der Waals surface area contributed by atoms with Crippen molar-refractivity contribution < 1.29 is 0 Å². The molecular weight excluding hydrogens is 715 g/mol. The van der Waals surface area contributed by atoms with E-state index in [-0.39, 0.29) is 0 Å². The summed E-state index contributed by atoms with van der Waals surface area (Å²) in [7, 11) is 0. The van der Waals surface area contributed by atoms with Crippen LogP contribution in [0.2, 0.25) is 0 Å². The smallest absolute Gasteiger partial charge is 0.0625 e. The Bertz CT molecular complexity index is 3190. The van der Waals surface area contributed by atoms with E-state index in [2.05, 4.69) is 251 Å². The zero-order valence-corrected chi connectivity index (χ0v) is 32.4. The molecule has 0 fully saturated rings. The topological polar surface area (TPSA) is 11.4 Å². The first-order valence-corrected chi connectivity index (χ1v) is 20.2. The second-order valence-corrected chi connectivity index (χ2v) is 15.0. The van der Waals surface area contributed by atoms with Crippen molar-refractivity contribution in [1.29, 1.82) is 0 Å². The molecule has 0 saturated carbocycles. The molecule has 0 saturated heterocycles. The van der Waals surface area contributed by atoms with Crippen molar-refractivity contribution in [2.45, 2.75) is 0 Å². The van der Waals surface area contributed by atoms with E-state index < -0.39 is 0 Å². The van der Waals surface area contributed by atoms with Crippen LogP contribution in [0.3, 0.4) is 0 Å². The fourth-order valence-corrected chi connectivity index (χ4v) is 8.88. The quantitative estimate of drug-likeness (QED) is 0.143. The van der Waals surface area contributed by atoms with E-state index in [4.69, 9.17) is 0 Å². The summed E-state index contributed by atoms with van der Waals surface area (Å²) in [5, 5.41) is 7.69. The van der Waals surface area contributed by atoms with Crippen LogP contribution in [-0.2, 0) is 0 Å². The Morgan fingerprint density at radius 2 is 0.593 bits per heavy atom. The van der Waals surface area contributed by atoms with Crippen molar-refractivity contribution in [2.24, 2.45) is 0 Å². The minimum absolute atomic E-state index is 1.09. The molecular formula is C56H39N3. The molecule has 0 radical (unpaired) electrons. The predicted molar refractivity (Wildman–Crippen MR) is 251 cm³/mol. The van der Waals surface area contributed by atoms with Crippen LogP contribution in [0.25, 0.3) is 60.2 Å². The maximum Gasteiger partial charge on any atom is 0.0625 e. The van der Waals surface area contributed by atoms with Crippen molar-refractivity contribution in [2.75, 3.05) is 9.80 Å². The maximum absolute atomic E-state index is 2.45. The Morgan fingerprint density at radius 3 is 1.08 bits per heavy atom. The van der Waals surface area contributed by atoms with E-state index in [0.29, 0.717) is 0 Å². The second kappa shape index (κ2) is 14.6. The molecule has 59 heavy (non-hydrogen) atoms. The zero-order valence-electron chi connectivity index (χ0n) is 32.4. The normalized spacial score (nSPS) is 11.4. The van der Waals surface area contributed by atoms with Gasteiger partial charge < -0.3 is 14.4 Å². The van der Waals surface area contributed by atoms with Crippen LogP contribution < -0.4 is 9.80 Å². The first-order chi connectivity index (χ1) is 29.3. The number of hydrogen-bond donors (Lipinski definition) is 0. The molecule has 1 aromatic heterocycles. The molecule has 0 bridgehead atoms. The van der Waals surface area contributed by atoms with Crippen molar-refractivity contribution in [3.8, 4) is 16.8 Å². The largest absolute Gasteiger partial charge is 0.311 e. The lowest BCUT2D eigenvalue weighted by Gasteiger charge is -2.28. The maximum atomic E-state index is 2.45. The van der Waals surface area contributed by atoms with Crippen LogP contribution in [0.4, 0.5) is 34.1 Å². The highest BCUT2D eigenvalue weighted by Gasteiger charge is 2.19. The van der Waals surface area contributed by atoms with Gasteiger partial charge in [-0.25, -0.2) is 0 Å². The lowest BCUT2D eigenvalue weighted by atomic mass is 9.97. The Hall–Kier alpha value is -7.88. The van der Waals surface area contributed by atoms with E-state index in [1.165, 1.54) is 54.5 Å². The summed E-state index contributed by atoms with van der Waals surface area (Å²) in [4.78, 5) is 4.62. The second-order valence-electron chi connectivity index (χ2n) is 15.0. The molecule has 0 aliphatic rings. The third kappa shape index (κ3) is 6.00. The third-order valence-corrected chi connectivity index (χ3v) is 11.5. The first kappa shape index (κ1) is 34.4. The molecule has 10 aromatic carbocycles. The summed E-state index contributed by atoms with van der Waals surface area (Å²) in [6.45, 7) is 0. The van der Waals surface area contributed by atoms with Crippen LogP contribution in [0, 0.1) is 0 Å². The number of rotatable bonds is 8. The summed E-state index contributed by atoms with van der Waals surface area (Å²) in [5.41, 5.74) is 12.6. The summed E-state index contributed by atoms with van der Waals surface area (Å²) < 4.78 is 2.45. The molecule has 0 N–H and O–H groups in total. The highest BCUT2D eigenvalue weighted by atomic mass is 15.2. The minimum atomic E-state index is 1.09. The minimum Gasteiger partial charge on any atom is -0.311 e. The number of para-hydroxylation sites is 4. The summed E-state index contributed by atoms with van der Waals surface area (Å²) in [6, 6.07) is 85.0. The molecule has 11 rings (SSSR count). The van der Waals surface area contributed by atoms with Crippen LogP contribution >= 0.6 is 0 Å². The average molecular weight is 754 g/mol. The lowest BCUT2D eigenvalue weighted by molar-refractivity contribution is 1.19. The predicted octanol–water partition coefficient (Wildman–Crippen LogP) is 15.7. The molecule has 11 aromatic rings.